The summed E-state index contributed by atoms with van der Waals surface area (Å²) < 4.78 is 19.1. The number of carbonyl (C=O) groups is 1. The van der Waals surface area contributed by atoms with E-state index in [1.54, 1.807) is 0 Å². The van der Waals surface area contributed by atoms with Crippen LogP contribution in [0.1, 0.15) is 10.4 Å². The number of hydrogen-bond donors (Lipinski definition) is 0. The van der Waals surface area contributed by atoms with Crippen LogP contribution in [0.4, 0.5) is 4.39 Å². The fraction of sp³-hybridized carbons (Fsp3) is 0. The van der Waals surface area contributed by atoms with Crippen LogP contribution >= 0.6 is 0 Å². The van der Waals surface area contributed by atoms with Crippen molar-refractivity contribution < 1.29 is 36.9 Å². The quantitative estimate of drug-likeness (QED) is 0.718. The SMILES string of the molecule is O=C([O][Hg][c]1ccccc1)c1ccc(F)cc1. The van der Waals surface area contributed by atoms with Gasteiger partial charge in [0.15, 0.2) is 0 Å². The number of rotatable bonds is 3. The maximum absolute atomic E-state index is 12.7. The van der Waals surface area contributed by atoms with E-state index in [9.17, 15) is 9.18 Å². The molecule has 2 rings (SSSR count). The average Bonchev–Trinajstić information content (AvgIpc) is 2.38. The summed E-state index contributed by atoms with van der Waals surface area (Å²) in [4.78, 5) is 11.6. The summed E-state index contributed by atoms with van der Waals surface area (Å²) in [5.74, 6) is -0.704. The summed E-state index contributed by atoms with van der Waals surface area (Å²) in [5, 5.41) is 0. The topological polar surface area (TPSA) is 26.3 Å². The van der Waals surface area contributed by atoms with Crippen molar-refractivity contribution in [1.82, 2.24) is 0 Å². The van der Waals surface area contributed by atoms with Gasteiger partial charge in [-0.05, 0) is 0 Å². The molecule has 0 atom stereocenters. The summed E-state index contributed by atoms with van der Waals surface area (Å²) in [6.45, 7) is 0. The first kappa shape index (κ1) is 12.2. The minimum absolute atomic E-state index is 0.351. The molecule has 2 nitrogen and oxygen atoms in total. The summed E-state index contributed by atoms with van der Waals surface area (Å²) in [7, 11) is 0. The van der Waals surface area contributed by atoms with Crippen molar-refractivity contribution in [3.63, 3.8) is 0 Å². The number of hydrogen-bond acceptors (Lipinski definition) is 2. The Balaban J connectivity index is 1.96. The van der Waals surface area contributed by atoms with Crippen LogP contribution in [-0.4, -0.2) is 5.97 Å². The number of carbonyl (C=O) groups excluding carboxylic acids is 1. The molecule has 0 amide bonds. The van der Waals surface area contributed by atoms with E-state index in [1.165, 1.54) is 24.3 Å². The summed E-state index contributed by atoms with van der Waals surface area (Å²) in [6.07, 6.45) is 0. The molecular weight excluding hydrogens is 408 g/mol. The van der Waals surface area contributed by atoms with Gasteiger partial charge in [0.1, 0.15) is 0 Å². The molecule has 0 saturated carbocycles. The number of halogens is 1. The number of benzene rings is 2. The van der Waals surface area contributed by atoms with E-state index in [-0.39, 0.29) is 11.8 Å². The van der Waals surface area contributed by atoms with Crippen LogP contribution in [0.15, 0.2) is 54.6 Å². The molecule has 0 N–H and O–H groups in total. The van der Waals surface area contributed by atoms with Crippen molar-refractivity contribution >= 4 is 9.04 Å². The molecule has 2 aromatic rings. The third-order valence-electron chi connectivity index (χ3n) is 2.29. The van der Waals surface area contributed by atoms with Crippen molar-refractivity contribution in [3.8, 4) is 0 Å². The third kappa shape index (κ3) is 3.63. The predicted molar refractivity (Wildman–Crippen MR) is 57.9 cm³/mol. The van der Waals surface area contributed by atoms with Crippen LogP contribution in [0.2, 0.25) is 0 Å². The molecule has 17 heavy (non-hydrogen) atoms. The van der Waals surface area contributed by atoms with Gasteiger partial charge in [-0.3, -0.25) is 0 Å². The van der Waals surface area contributed by atoms with Gasteiger partial charge in [-0.1, -0.05) is 0 Å². The summed E-state index contributed by atoms with van der Waals surface area (Å²) >= 11 is -1.82. The molecular formula is C13H9FHgO2. The molecule has 0 fully saturated rings. The molecule has 0 bridgehead atoms. The normalized spacial score (nSPS) is 9.47. The van der Waals surface area contributed by atoms with Crippen LogP contribution in [0.3, 0.4) is 0 Å². The zero-order valence-corrected chi connectivity index (χ0v) is 14.6. The molecule has 2 aromatic carbocycles. The van der Waals surface area contributed by atoms with Gasteiger partial charge in [-0.2, -0.15) is 0 Å². The van der Waals surface area contributed by atoms with E-state index in [2.05, 4.69) is 0 Å². The molecule has 0 radical (unpaired) electrons. The van der Waals surface area contributed by atoms with E-state index in [0.717, 1.165) is 3.07 Å². The predicted octanol–water partition coefficient (Wildman–Crippen LogP) is 2.31. The molecule has 0 heterocycles. The Hall–Kier alpha value is -1.22. The first-order chi connectivity index (χ1) is 8.25. The van der Waals surface area contributed by atoms with Gasteiger partial charge >= 0.3 is 112 Å². The van der Waals surface area contributed by atoms with E-state index in [1.807, 2.05) is 30.3 Å². The molecule has 4 heteroatoms. The van der Waals surface area contributed by atoms with Gasteiger partial charge in [0.05, 0.1) is 0 Å². The fourth-order valence-corrected chi connectivity index (χ4v) is 5.00. The molecule has 0 spiro atoms. The third-order valence-corrected chi connectivity index (χ3v) is 7.00. The van der Waals surface area contributed by atoms with Gasteiger partial charge in [-0.15, -0.1) is 0 Å². The zero-order valence-electron chi connectivity index (χ0n) is 9.10. The second-order valence-corrected chi connectivity index (χ2v) is 8.99. The van der Waals surface area contributed by atoms with Gasteiger partial charge in [0, 0.05) is 0 Å². The summed E-state index contributed by atoms with van der Waals surface area (Å²) in [6, 6.07) is 15.1. The molecule has 0 aliphatic rings. The van der Waals surface area contributed by atoms with Gasteiger partial charge in [0.2, 0.25) is 0 Å². The average molecular weight is 417 g/mol. The van der Waals surface area contributed by atoms with E-state index < -0.39 is 25.0 Å². The Morgan fingerprint density at radius 1 is 1.00 bits per heavy atom. The van der Waals surface area contributed by atoms with Gasteiger partial charge in [0.25, 0.3) is 0 Å². The van der Waals surface area contributed by atoms with E-state index in [0.29, 0.717) is 5.56 Å². The first-order valence-electron chi connectivity index (χ1n) is 5.22. The van der Waals surface area contributed by atoms with Crippen molar-refractivity contribution in [2.75, 3.05) is 0 Å². The Morgan fingerprint density at radius 2 is 1.65 bits per heavy atom. The Kier molecular flexibility index (Phi) is 4.26. The fourth-order valence-electron chi connectivity index (χ4n) is 1.39. The van der Waals surface area contributed by atoms with Crippen molar-refractivity contribution in [1.29, 1.82) is 0 Å². The molecule has 0 aliphatic heterocycles. The second kappa shape index (κ2) is 5.91. The first-order valence-corrected chi connectivity index (χ1v) is 10.2. The molecule has 0 unspecified atom stereocenters. The van der Waals surface area contributed by atoms with Crippen molar-refractivity contribution in [3.05, 3.63) is 66.0 Å². The molecule has 0 aromatic heterocycles. The van der Waals surface area contributed by atoms with E-state index >= 15 is 0 Å². The standard InChI is InChI=1S/C7H5FO2.C6H5.Hg/c8-6-3-1-5(2-4-6)7(9)10;1-2-4-6-5-3-1;/h1-4H,(H,9,10);1-5H;/q;;+1/p-1. The van der Waals surface area contributed by atoms with Crippen LogP contribution in [-0.2, 0) is 27.7 Å². The van der Waals surface area contributed by atoms with E-state index in [4.69, 9.17) is 2.64 Å². The Morgan fingerprint density at radius 3 is 2.29 bits per heavy atom. The van der Waals surface area contributed by atoms with Crippen molar-refractivity contribution in [2.45, 2.75) is 0 Å². The zero-order chi connectivity index (χ0) is 12.1. The molecule has 0 saturated heterocycles. The van der Waals surface area contributed by atoms with Crippen molar-refractivity contribution in [2.24, 2.45) is 0 Å². The Labute approximate surface area is 112 Å². The minimum atomic E-state index is -1.82. The van der Waals surface area contributed by atoms with Crippen LogP contribution in [0.5, 0.6) is 0 Å². The van der Waals surface area contributed by atoms with Crippen LogP contribution in [0.25, 0.3) is 0 Å². The Bertz CT molecular complexity index is 497. The second-order valence-electron chi connectivity index (χ2n) is 3.57. The van der Waals surface area contributed by atoms with Crippen LogP contribution < -0.4 is 3.07 Å². The van der Waals surface area contributed by atoms with Gasteiger partial charge < -0.3 is 0 Å². The maximum atomic E-state index is 12.7. The monoisotopic (exact) mass is 418 g/mol. The van der Waals surface area contributed by atoms with Gasteiger partial charge in [-0.25, -0.2) is 0 Å². The summed E-state index contributed by atoms with van der Waals surface area (Å²) in [5.41, 5.74) is 0.405. The molecule has 0 aliphatic carbocycles. The molecule has 82 valence electrons. The van der Waals surface area contributed by atoms with Crippen LogP contribution in [0, 0.1) is 5.82 Å².